The van der Waals surface area contributed by atoms with Gasteiger partial charge in [-0.25, -0.2) is 4.79 Å². The standard InChI is InChI=1S/C15H24ClN3O2/c1-5-6-19(8-7-18(2)3)14-12(15(20)21-4)9-11(17)10-13(14)16/h9-10H,5-8,17H2,1-4H3. The zero-order valence-corrected chi connectivity index (χ0v) is 13.9. The van der Waals surface area contributed by atoms with E-state index in [-0.39, 0.29) is 0 Å². The highest BCUT2D eigenvalue weighted by atomic mass is 35.5. The third-order valence-electron chi connectivity index (χ3n) is 3.12. The van der Waals surface area contributed by atoms with E-state index in [4.69, 9.17) is 22.1 Å². The topological polar surface area (TPSA) is 58.8 Å². The van der Waals surface area contributed by atoms with Crippen molar-refractivity contribution >= 4 is 28.9 Å². The molecule has 1 rings (SSSR count). The molecule has 0 saturated carbocycles. The van der Waals surface area contributed by atoms with Gasteiger partial charge in [-0.1, -0.05) is 18.5 Å². The quantitative estimate of drug-likeness (QED) is 0.619. The van der Waals surface area contributed by atoms with Crippen LogP contribution < -0.4 is 10.6 Å². The van der Waals surface area contributed by atoms with Crippen molar-refractivity contribution in [2.24, 2.45) is 0 Å². The number of esters is 1. The summed E-state index contributed by atoms with van der Waals surface area (Å²) in [5.74, 6) is -0.426. The van der Waals surface area contributed by atoms with Crippen LogP contribution in [0.25, 0.3) is 0 Å². The summed E-state index contributed by atoms with van der Waals surface area (Å²) in [7, 11) is 5.37. The zero-order chi connectivity index (χ0) is 16.0. The number of nitrogen functional groups attached to an aromatic ring is 1. The highest BCUT2D eigenvalue weighted by Gasteiger charge is 2.21. The van der Waals surface area contributed by atoms with Crippen molar-refractivity contribution in [1.29, 1.82) is 0 Å². The number of carbonyl (C=O) groups is 1. The minimum atomic E-state index is -0.426. The fourth-order valence-corrected chi connectivity index (χ4v) is 2.48. The molecular weight excluding hydrogens is 290 g/mol. The maximum Gasteiger partial charge on any atom is 0.340 e. The van der Waals surface area contributed by atoms with Gasteiger partial charge in [0, 0.05) is 25.3 Å². The summed E-state index contributed by atoms with van der Waals surface area (Å²) in [5.41, 5.74) is 7.36. The van der Waals surface area contributed by atoms with Crippen LogP contribution in [0.1, 0.15) is 23.7 Å². The van der Waals surface area contributed by atoms with Crippen LogP contribution in [0.4, 0.5) is 11.4 Å². The number of likely N-dealkylation sites (N-methyl/N-ethyl adjacent to an activating group) is 1. The van der Waals surface area contributed by atoms with Crippen molar-refractivity contribution in [3.05, 3.63) is 22.7 Å². The molecule has 0 unspecified atom stereocenters. The number of halogens is 1. The first-order chi connectivity index (χ1) is 9.90. The molecule has 118 valence electrons. The summed E-state index contributed by atoms with van der Waals surface area (Å²) in [6, 6.07) is 3.28. The summed E-state index contributed by atoms with van der Waals surface area (Å²) < 4.78 is 4.85. The van der Waals surface area contributed by atoms with Crippen LogP contribution in [-0.2, 0) is 4.74 Å². The van der Waals surface area contributed by atoms with Gasteiger partial charge < -0.3 is 20.3 Å². The van der Waals surface area contributed by atoms with Crippen LogP contribution in [-0.4, -0.2) is 51.7 Å². The molecule has 0 saturated heterocycles. The number of rotatable bonds is 7. The number of nitrogens with two attached hydrogens (primary N) is 1. The Morgan fingerprint density at radius 3 is 2.48 bits per heavy atom. The monoisotopic (exact) mass is 313 g/mol. The molecule has 0 radical (unpaired) electrons. The SMILES string of the molecule is CCCN(CCN(C)C)c1c(Cl)cc(N)cc1C(=O)OC. The average molecular weight is 314 g/mol. The van der Waals surface area contributed by atoms with Gasteiger partial charge in [0.25, 0.3) is 0 Å². The van der Waals surface area contributed by atoms with E-state index in [1.165, 1.54) is 7.11 Å². The van der Waals surface area contributed by atoms with E-state index in [9.17, 15) is 4.79 Å². The normalized spacial score (nSPS) is 10.8. The van der Waals surface area contributed by atoms with E-state index in [1.54, 1.807) is 12.1 Å². The molecule has 0 aliphatic rings. The van der Waals surface area contributed by atoms with Gasteiger partial charge in [-0.2, -0.15) is 0 Å². The van der Waals surface area contributed by atoms with Gasteiger partial charge in [-0.3, -0.25) is 0 Å². The van der Waals surface area contributed by atoms with E-state index < -0.39 is 5.97 Å². The van der Waals surface area contributed by atoms with Gasteiger partial charge in [-0.05, 0) is 32.6 Å². The lowest BCUT2D eigenvalue weighted by molar-refractivity contribution is 0.0601. The molecule has 0 aromatic heterocycles. The van der Waals surface area contributed by atoms with Gasteiger partial charge in [0.05, 0.1) is 23.4 Å². The first kappa shape index (κ1) is 17.6. The van der Waals surface area contributed by atoms with E-state index in [1.807, 2.05) is 14.1 Å². The Labute approximate surface area is 131 Å². The second kappa shape index (κ2) is 8.10. The van der Waals surface area contributed by atoms with E-state index >= 15 is 0 Å². The number of ether oxygens (including phenoxy) is 1. The van der Waals surface area contributed by atoms with Crippen molar-refractivity contribution in [3.8, 4) is 0 Å². The Kier molecular flexibility index (Phi) is 6.78. The Balaban J connectivity index is 3.24. The maximum absolute atomic E-state index is 12.0. The summed E-state index contributed by atoms with van der Waals surface area (Å²) in [6.07, 6.45) is 0.953. The average Bonchev–Trinajstić information content (AvgIpc) is 2.42. The molecule has 0 fully saturated rings. The van der Waals surface area contributed by atoms with Gasteiger partial charge in [0.15, 0.2) is 0 Å². The number of hydrogen-bond donors (Lipinski definition) is 1. The van der Waals surface area contributed by atoms with Gasteiger partial charge >= 0.3 is 5.97 Å². The first-order valence-corrected chi connectivity index (χ1v) is 7.35. The highest BCUT2D eigenvalue weighted by Crippen LogP contribution is 2.33. The number of methoxy groups -OCH3 is 1. The Hall–Kier alpha value is -1.46. The molecule has 6 heteroatoms. The van der Waals surface area contributed by atoms with Crippen LogP contribution >= 0.6 is 11.6 Å². The van der Waals surface area contributed by atoms with Crippen LogP contribution in [0, 0.1) is 0 Å². The third-order valence-corrected chi connectivity index (χ3v) is 3.41. The highest BCUT2D eigenvalue weighted by molar-refractivity contribution is 6.34. The maximum atomic E-state index is 12.0. The lowest BCUT2D eigenvalue weighted by atomic mass is 10.1. The van der Waals surface area contributed by atoms with Crippen molar-refractivity contribution in [2.75, 3.05) is 51.5 Å². The lowest BCUT2D eigenvalue weighted by Crippen LogP contribution is -2.33. The van der Waals surface area contributed by atoms with E-state index in [0.717, 1.165) is 26.1 Å². The third kappa shape index (κ3) is 4.79. The molecule has 0 heterocycles. The molecule has 0 aliphatic heterocycles. The number of anilines is 2. The summed E-state index contributed by atoms with van der Waals surface area (Å²) in [4.78, 5) is 16.2. The summed E-state index contributed by atoms with van der Waals surface area (Å²) in [5, 5.41) is 0.475. The number of hydrogen-bond acceptors (Lipinski definition) is 5. The largest absolute Gasteiger partial charge is 0.465 e. The number of carbonyl (C=O) groups excluding carboxylic acids is 1. The van der Waals surface area contributed by atoms with Gasteiger partial charge in [-0.15, -0.1) is 0 Å². The van der Waals surface area contributed by atoms with E-state index in [2.05, 4.69) is 16.7 Å². The van der Waals surface area contributed by atoms with Crippen LogP contribution in [0.15, 0.2) is 12.1 Å². The number of nitrogens with zero attached hydrogens (tertiary/aromatic N) is 2. The van der Waals surface area contributed by atoms with Crippen LogP contribution in [0.5, 0.6) is 0 Å². The molecule has 0 aliphatic carbocycles. The van der Waals surface area contributed by atoms with Crippen LogP contribution in [0.2, 0.25) is 5.02 Å². The van der Waals surface area contributed by atoms with Crippen molar-refractivity contribution < 1.29 is 9.53 Å². The van der Waals surface area contributed by atoms with Crippen molar-refractivity contribution in [3.63, 3.8) is 0 Å². The molecule has 21 heavy (non-hydrogen) atoms. The fourth-order valence-electron chi connectivity index (χ4n) is 2.13. The van der Waals surface area contributed by atoms with Gasteiger partial charge in [0.1, 0.15) is 0 Å². The second-order valence-electron chi connectivity index (χ2n) is 5.18. The summed E-state index contributed by atoms with van der Waals surface area (Å²) in [6.45, 7) is 4.53. The van der Waals surface area contributed by atoms with Crippen molar-refractivity contribution in [2.45, 2.75) is 13.3 Å². The summed E-state index contributed by atoms with van der Waals surface area (Å²) >= 11 is 6.34. The Bertz CT molecular complexity index is 492. The molecule has 5 nitrogen and oxygen atoms in total. The lowest BCUT2D eigenvalue weighted by Gasteiger charge is -2.28. The van der Waals surface area contributed by atoms with E-state index in [0.29, 0.717) is 22.0 Å². The molecule has 0 amide bonds. The zero-order valence-electron chi connectivity index (χ0n) is 13.1. The minimum absolute atomic E-state index is 0.412. The Morgan fingerprint density at radius 1 is 1.29 bits per heavy atom. The molecule has 0 atom stereocenters. The molecular formula is C15H24ClN3O2. The smallest absolute Gasteiger partial charge is 0.340 e. The first-order valence-electron chi connectivity index (χ1n) is 6.97. The van der Waals surface area contributed by atoms with Crippen LogP contribution in [0.3, 0.4) is 0 Å². The van der Waals surface area contributed by atoms with Gasteiger partial charge in [0.2, 0.25) is 0 Å². The fraction of sp³-hybridized carbons (Fsp3) is 0.533. The molecule has 0 spiro atoms. The van der Waals surface area contributed by atoms with Crippen molar-refractivity contribution in [1.82, 2.24) is 4.90 Å². The molecule has 1 aromatic carbocycles. The molecule has 0 bridgehead atoms. The Morgan fingerprint density at radius 2 is 1.95 bits per heavy atom. The predicted molar refractivity (Wildman–Crippen MR) is 88.3 cm³/mol. The molecule has 1 aromatic rings. The second-order valence-corrected chi connectivity index (χ2v) is 5.59. The minimum Gasteiger partial charge on any atom is -0.465 e. The molecule has 2 N–H and O–H groups in total. The predicted octanol–water partition coefficient (Wildman–Crippen LogP) is 2.49. The number of benzene rings is 1.